The molecule has 9 heteroatoms. The van der Waals surface area contributed by atoms with Crippen LogP contribution in [0.3, 0.4) is 0 Å². The van der Waals surface area contributed by atoms with Gasteiger partial charge in [0.15, 0.2) is 0 Å². The van der Waals surface area contributed by atoms with Crippen LogP contribution in [0, 0.1) is 29.1 Å². The van der Waals surface area contributed by atoms with Crippen molar-refractivity contribution in [3.63, 3.8) is 0 Å². The minimum absolute atomic E-state index is 0.0496. The summed E-state index contributed by atoms with van der Waals surface area (Å²) in [5.74, 6) is -1.44. The van der Waals surface area contributed by atoms with Gasteiger partial charge in [-0.1, -0.05) is 12.2 Å². The average Bonchev–Trinajstić information content (AvgIpc) is 2.79. The number of allylic oxidation sites excluding steroid dienone is 2. The first-order valence-electron chi connectivity index (χ1n) is 10.9. The number of rotatable bonds is 4. The van der Waals surface area contributed by atoms with Crippen LogP contribution in [0.4, 0.5) is 11.8 Å². The van der Waals surface area contributed by atoms with Gasteiger partial charge in [0.25, 0.3) is 5.56 Å². The van der Waals surface area contributed by atoms with Crippen LogP contribution in [0.2, 0.25) is 0 Å². The Labute approximate surface area is 180 Å². The van der Waals surface area contributed by atoms with Gasteiger partial charge >= 0.3 is 5.97 Å². The molecule has 1 aromatic rings. The number of amides is 1. The summed E-state index contributed by atoms with van der Waals surface area (Å²) in [5, 5.41) is 12.3. The molecule has 4 rings (SSSR count). The number of esters is 1. The summed E-state index contributed by atoms with van der Waals surface area (Å²) in [6.07, 6.45) is 7.80. The number of carbonyl (C=O) groups is 2. The fourth-order valence-corrected chi connectivity index (χ4v) is 4.93. The van der Waals surface area contributed by atoms with Gasteiger partial charge in [-0.2, -0.15) is 10.2 Å². The molecule has 3 atom stereocenters. The number of fused-ring (bicyclic) bond motifs is 1. The van der Waals surface area contributed by atoms with Crippen LogP contribution in [0.5, 0.6) is 0 Å². The van der Waals surface area contributed by atoms with Gasteiger partial charge in [-0.3, -0.25) is 19.4 Å². The summed E-state index contributed by atoms with van der Waals surface area (Å²) in [7, 11) is 0. The Bertz CT molecular complexity index is 987. The SMILES string of the molecule is CCOC(=O)C1CCN(c2nc3c(c(=O)[nH]2)C(C2CC=CCC2)C(C#N)C(=O)N3)CC1. The molecule has 3 unspecified atom stereocenters. The lowest BCUT2D eigenvalue weighted by Crippen LogP contribution is -2.43. The predicted octanol–water partition coefficient (Wildman–Crippen LogP) is 2.08. The van der Waals surface area contributed by atoms with Gasteiger partial charge in [0.2, 0.25) is 11.9 Å². The molecular formula is C22H27N5O4. The minimum atomic E-state index is -0.905. The second-order valence-electron chi connectivity index (χ2n) is 8.33. The lowest BCUT2D eigenvalue weighted by molar-refractivity contribution is -0.148. The predicted molar refractivity (Wildman–Crippen MR) is 113 cm³/mol. The van der Waals surface area contributed by atoms with Gasteiger partial charge < -0.3 is 15.0 Å². The quantitative estimate of drug-likeness (QED) is 0.558. The molecule has 164 valence electrons. The number of aromatic amines is 1. The number of nitrogens with zero attached hydrogens (tertiary/aromatic N) is 3. The lowest BCUT2D eigenvalue weighted by atomic mass is 9.71. The van der Waals surface area contributed by atoms with Crippen molar-refractivity contribution in [2.75, 3.05) is 29.9 Å². The normalized spacial score (nSPS) is 26.0. The summed E-state index contributed by atoms with van der Waals surface area (Å²) in [6.45, 7) is 3.25. The molecule has 1 fully saturated rings. The van der Waals surface area contributed by atoms with Gasteiger partial charge in [0.05, 0.1) is 24.2 Å². The number of nitriles is 1. The molecule has 2 N–H and O–H groups in total. The molecule has 0 bridgehead atoms. The average molecular weight is 425 g/mol. The zero-order chi connectivity index (χ0) is 22.0. The molecule has 1 amide bonds. The second kappa shape index (κ2) is 8.92. The van der Waals surface area contributed by atoms with Crippen molar-refractivity contribution in [1.29, 1.82) is 5.26 Å². The highest BCUT2D eigenvalue weighted by molar-refractivity contribution is 5.97. The number of anilines is 2. The number of hydrogen-bond donors (Lipinski definition) is 2. The van der Waals surface area contributed by atoms with E-state index in [4.69, 9.17) is 4.74 Å². The maximum Gasteiger partial charge on any atom is 0.309 e. The third-order valence-electron chi connectivity index (χ3n) is 6.53. The molecule has 0 radical (unpaired) electrons. The largest absolute Gasteiger partial charge is 0.466 e. The van der Waals surface area contributed by atoms with E-state index in [-0.39, 0.29) is 29.2 Å². The van der Waals surface area contributed by atoms with Crippen molar-refractivity contribution in [3.8, 4) is 6.07 Å². The lowest BCUT2D eigenvalue weighted by Gasteiger charge is -2.36. The van der Waals surface area contributed by atoms with Crippen LogP contribution in [-0.4, -0.2) is 41.5 Å². The van der Waals surface area contributed by atoms with Gasteiger partial charge in [0, 0.05) is 19.0 Å². The smallest absolute Gasteiger partial charge is 0.309 e. The van der Waals surface area contributed by atoms with Crippen LogP contribution < -0.4 is 15.8 Å². The summed E-state index contributed by atoms with van der Waals surface area (Å²) < 4.78 is 5.11. The Morgan fingerprint density at radius 2 is 2.06 bits per heavy atom. The fourth-order valence-electron chi connectivity index (χ4n) is 4.93. The van der Waals surface area contributed by atoms with Crippen molar-refractivity contribution in [3.05, 3.63) is 28.1 Å². The highest BCUT2D eigenvalue weighted by Crippen LogP contribution is 2.43. The van der Waals surface area contributed by atoms with E-state index >= 15 is 0 Å². The Hall–Kier alpha value is -3.15. The third kappa shape index (κ3) is 4.07. The Balaban J connectivity index is 1.61. The number of ether oxygens (including phenoxy) is 1. The zero-order valence-electron chi connectivity index (χ0n) is 17.6. The molecule has 3 heterocycles. The van der Waals surface area contributed by atoms with Gasteiger partial charge in [-0.15, -0.1) is 0 Å². The molecular weight excluding hydrogens is 398 g/mol. The maximum absolute atomic E-state index is 13.1. The third-order valence-corrected chi connectivity index (χ3v) is 6.53. The molecule has 2 aliphatic heterocycles. The van der Waals surface area contributed by atoms with Crippen molar-refractivity contribution < 1.29 is 14.3 Å². The first kappa shape index (κ1) is 21.1. The highest BCUT2D eigenvalue weighted by Gasteiger charge is 2.43. The number of piperidine rings is 1. The van der Waals surface area contributed by atoms with Crippen molar-refractivity contribution in [1.82, 2.24) is 9.97 Å². The minimum Gasteiger partial charge on any atom is -0.466 e. The zero-order valence-corrected chi connectivity index (χ0v) is 17.6. The van der Waals surface area contributed by atoms with Crippen LogP contribution in [0.15, 0.2) is 16.9 Å². The molecule has 1 saturated heterocycles. The number of nitrogens with one attached hydrogen (secondary N) is 2. The Morgan fingerprint density at radius 1 is 1.29 bits per heavy atom. The van der Waals surface area contributed by atoms with E-state index in [1.165, 1.54) is 0 Å². The van der Waals surface area contributed by atoms with E-state index in [0.29, 0.717) is 44.0 Å². The highest BCUT2D eigenvalue weighted by atomic mass is 16.5. The van der Waals surface area contributed by atoms with E-state index in [1.807, 2.05) is 4.90 Å². The molecule has 0 saturated carbocycles. The Kier molecular flexibility index (Phi) is 6.07. The molecule has 31 heavy (non-hydrogen) atoms. The van der Waals surface area contributed by atoms with Gasteiger partial charge in [-0.05, 0) is 44.9 Å². The molecule has 1 aromatic heterocycles. The Morgan fingerprint density at radius 3 is 2.71 bits per heavy atom. The van der Waals surface area contributed by atoms with E-state index in [2.05, 4.69) is 33.5 Å². The van der Waals surface area contributed by atoms with Crippen molar-refractivity contribution >= 4 is 23.6 Å². The molecule has 3 aliphatic rings. The molecule has 0 aromatic carbocycles. The van der Waals surface area contributed by atoms with Gasteiger partial charge in [-0.25, -0.2) is 0 Å². The second-order valence-corrected chi connectivity index (χ2v) is 8.33. The monoisotopic (exact) mass is 425 g/mol. The van der Waals surface area contributed by atoms with E-state index in [9.17, 15) is 19.6 Å². The van der Waals surface area contributed by atoms with Crippen LogP contribution in [-0.2, 0) is 14.3 Å². The molecule has 0 spiro atoms. The van der Waals surface area contributed by atoms with Crippen LogP contribution >= 0.6 is 0 Å². The maximum atomic E-state index is 13.1. The van der Waals surface area contributed by atoms with Crippen molar-refractivity contribution in [2.24, 2.45) is 17.8 Å². The fraction of sp³-hybridized carbons (Fsp3) is 0.591. The van der Waals surface area contributed by atoms with E-state index in [0.717, 1.165) is 19.3 Å². The summed E-state index contributed by atoms with van der Waals surface area (Å²) in [5.41, 5.74) is 0.0870. The van der Waals surface area contributed by atoms with Crippen LogP contribution in [0.1, 0.15) is 50.5 Å². The number of aromatic nitrogens is 2. The van der Waals surface area contributed by atoms with Gasteiger partial charge in [0.1, 0.15) is 11.7 Å². The van der Waals surface area contributed by atoms with Crippen molar-refractivity contribution in [2.45, 2.75) is 44.9 Å². The molecule has 9 nitrogen and oxygen atoms in total. The summed E-state index contributed by atoms with van der Waals surface area (Å²) in [4.78, 5) is 47.1. The summed E-state index contributed by atoms with van der Waals surface area (Å²) in [6, 6.07) is 2.10. The molecule has 1 aliphatic carbocycles. The number of hydrogen-bond acceptors (Lipinski definition) is 7. The first-order chi connectivity index (χ1) is 15.0. The number of H-pyrrole nitrogens is 1. The van der Waals surface area contributed by atoms with E-state index in [1.54, 1.807) is 6.92 Å². The first-order valence-corrected chi connectivity index (χ1v) is 10.9. The van der Waals surface area contributed by atoms with E-state index < -0.39 is 17.7 Å². The van der Waals surface area contributed by atoms with Crippen LogP contribution in [0.25, 0.3) is 0 Å². The summed E-state index contributed by atoms with van der Waals surface area (Å²) >= 11 is 0. The number of carbonyl (C=O) groups excluding carboxylic acids is 2. The topological polar surface area (TPSA) is 128 Å². The standard InChI is InChI=1S/C22H27N5O4/c1-2-31-21(30)14-8-10-27(11-9-14)22-25-18-17(20(29)26-22)16(13-6-4-3-5-7-13)15(12-23)19(28)24-18/h3-4,13-16H,2,5-11H2,1H3,(H2,24,25,26,28,29).